The van der Waals surface area contributed by atoms with Crippen molar-refractivity contribution in [3.63, 3.8) is 0 Å². The lowest BCUT2D eigenvalue weighted by Crippen LogP contribution is -2.50. The van der Waals surface area contributed by atoms with Gasteiger partial charge in [0.05, 0.1) is 12.1 Å². The minimum atomic E-state index is -4.34. The van der Waals surface area contributed by atoms with E-state index < -0.39 is 17.8 Å². The molecule has 162 valence electrons. The van der Waals surface area contributed by atoms with Crippen LogP contribution in [0, 0.1) is 5.92 Å². The SMILES string of the molecule is CC(C)CCNC(=O)NC(=O)CN1CCN(Cc2cccc(C(F)(F)F)c2)CC1. The summed E-state index contributed by atoms with van der Waals surface area (Å²) in [5, 5.41) is 4.98. The van der Waals surface area contributed by atoms with Gasteiger partial charge in [-0.1, -0.05) is 32.0 Å². The molecule has 2 N–H and O–H groups in total. The van der Waals surface area contributed by atoms with E-state index in [9.17, 15) is 22.8 Å². The van der Waals surface area contributed by atoms with Crippen molar-refractivity contribution in [3.8, 4) is 0 Å². The summed E-state index contributed by atoms with van der Waals surface area (Å²) in [6, 6.07) is 4.87. The minimum Gasteiger partial charge on any atom is -0.338 e. The number of halogens is 3. The van der Waals surface area contributed by atoms with Crippen LogP contribution in [0.4, 0.5) is 18.0 Å². The number of rotatable bonds is 7. The standard InChI is InChI=1S/C20H29F3N4O2/c1-15(2)6-7-24-19(29)25-18(28)14-27-10-8-26(9-11-27)13-16-4-3-5-17(12-16)20(21,22)23/h3-5,12,15H,6-11,13-14H2,1-2H3,(H2,24,25,28,29). The molecule has 0 atom stereocenters. The fraction of sp³-hybridized carbons (Fsp3) is 0.600. The lowest BCUT2D eigenvalue weighted by Gasteiger charge is -2.34. The van der Waals surface area contributed by atoms with Crippen molar-refractivity contribution in [2.45, 2.75) is 33.0 Å². The molecule has 1 aromatic rings. The van der Waals surface area contributed by atoms with Gasteiger partial charge in [-0.25, -0.2) is 4.79 Å². The normalized spacial score (nSPS) is 16.1. The molecule has 0 spiro atoms. The van der Waals surface area contributed by atoms with E-state index >= 15 is 0 Å². The van der Waals surface area contributed by atoms with E-state index in [0.29, 0.717) is 50.7 Å². The number of hydrogen-bond acceptors (Lipinski definition) is 4. The summed E-state index contributed by atoms with van der Waals surface area (Å²) in [7, 11) is 0. The Bertz CT molecular complexity index is 687. The number of nitrogens with one attached hydrogen (secondary N) is 2. The number of carbonyl (C=O) groups excluding carboxylic acids is 2. The van der Waals surface area contributed by atoms with Crippen molar-refractivity contribution in [2.24, 2.45) is 5.92 Å². The van der Waals surface area contributed by atoms with Crippen LogP contribution < -0.4 is 10.6 Å². The number of benzene rings is 1. The molecule has 1 fully saturated rings. The average molecular weight is 414 g/mol. The van der Waals surface area contributed by atoms with Gasteiger partial charge in [-0.15, -0.1) is 0 Å². The number of piperazine rings is 1. The molecule has 2 rings (SSSR count). The van der Waals surface area contributed by atoms with Gasteiger partial charge in [-0.3, -0.25) is 19.9 Å². The Labute approximate surface area is 169 Å². The van der Waals surface area contributed by atoms with Crippen LogP contribution in [0.1, 0.15) is 31.4 Å². The van der Waals surface area contributed by atoms with Crippen LogP contribution in [0.3, 0.4) is 0 Å². The summed E-state index contributed by atoms with van der Waals surface area (Å²) in [6.07, 6.45) is -3.50. The molecule has 0 aromatic heterocycles. The molecule has 0 unspecified atom stereocenters. The number of amides is 3. The molecular formula is C20H29F3N4O2. The highest BCUT2D eigenvalue weighted by atomic mass is 19.4. The van der Waals surface area contributed by atoms with E-state index in [1.54, 1.807) is 6.07 Å². The van der Waals surface area contributed by atoms with Crippen LogP contribution in [-0.2, 0) is 17.5 Å². The van der Waals surface area contributed by atoms with Crippen LogP contribution >= 0.6 is 0 Å². The van der Waals surface area contributed by atoms with Crippen molar-refractivity contribution in [1.82, 2.24) is 20.4 Å². The molecule has 1 aliphatic rings. The van der Waals surface area contributed by atoms with E-state index in [4.69, 9.17) is 0 Å². The van der Waals surface area contributed by atoms with Crippen LogP contribution in [0.15, 0.2) is 24.3 Å². The maximum Gasteiger partial charge on any atom is 0.416 e. The van der Waals surface area contributed by atoms with Gasteiger partial charge in [0.1, 0.15) is 0 Å². The van der Waals surface area contributed by atoms with E-state index in [2.05, 4.69) is 29.4 Å². The van der Waals surface area contributed by atoms with Gasteiger partial charge in [0.25, 0.3) is 0 Å². The Balaban J connectivity index is 1.71. The summed E-state index contributed by atoms with van der Waals surface area (Å²) < 4.78 is 38.5. The molecule has 0 aliphatic carbocycles. The first-order chi connectivity index (χ1) is 13.6. The summed E-state index contributed by atoms with van der Waals surface area (Å²) >= 11 is 0. The molecule has 0 radical (unpaired) electrons. The van der Waals surface area contributed by atoms with Crippen LogP contribution in [0.25, 0.3) is 0 Å². The Hall–Kier alpha value is -2.13. The number of hydrogen-bond donors (Lipinski definition) is 2. The monoisotopic (exact) mass is 414 g/mol. The second-order valence-electron chi connectivity index (χ2n) is 7.74. The number of alkyl halides is 3. The van der Waals surface area contributed by atoms with E-state index in [1.807, 2.05) is 4.90 Å². The summed E-state index contributed by atoms with van der Waals surface area (Å²) in [4.78, 5) is 27.7. The number of nitrogens with zero attached hydrogens (tertiary/aromatic N) is 2. The molecule has 1 heterocycles. The van der Waals surface area contributed by atoms with Gasteiger partial charge in [0, 0.05) is 39.3 Å². The Morgan fingerprint density at radius 1 is 1.10 bits per heavy atom. The Morgan fingerprint density at radius 3 is 2.38 bits per heavy atom. The molecule has 6 nitrogen and oxygen atoms in total. The lowest BCUT2D eigenvalue weighted by atomic mass is 10.1. The van der Waals surface area contributed by atoms with Crippen molar-refractivity contribution in [1.29, 1.82) is 0 Å². The van der Waals surface area contributed by atoms with Gasteiger partial charge in [-0.05, 0) is 24.0 Å². The topological polar surface area (TPSA) is 64.7 Å². The summed E-state index contributed by atoms with van der Waals surface area (Å²) in [6.45, 7) is 7.69. The van der Waals surface area contributed by atoms with E-state index in [1.165, 1.54) is 12.1 Å². The van der Waals surface area contributed by atoms with Crippen molar-refractivity contribution in [2.75, 3.05) is 39.3 Å². The summed E-state index contributed by atoms with van der Waals surface area (Å²) in [5.74, 6) is 0.108. The summed E-state index contributed by atoms with van der Waals surface area (Å²) in [5.41, 5.74) is -0.0268. The Morgan fingerprint density at radius 2 is 1.76 bits per heavy atom. The molecule has 29 heavy (non-hydrogen) atoms. The average Bonchev–Trinajstić information content (AvgIpc) is 2.62. The van der Waals surface area contributed by atoms with Crippen molar-refractivity contribution >= 4 is 11.9 Å². The molecule has 0 bridgehead atoms. The van der Waals surface area contributed by atoms with E-state index in [-0.39, 0.29) is 12.5 Å². The highest BCUT2D eigenvalue weighted by molar-refractivity contribution is 5.95. The van der Waals surface area contributed by atoms with Crippen molar-refractivity contribution < 1.29 is 22.8 Å². The zero-order chi connectivity index (χ0) is 21.4. The van der Waals surface area contributed by atoms with E-state index in [0.717, 1.165) is 12.5 Å². The number of imide groups is 1. The van der Waals surface area contributed by atoms with Gasteiger partial charge in [0.2, 0.25) is 5.91 Å². The molecule has 3 amide bonds. The van der Waals surface area contributed by atoms with Crippen LogP contribution in [-0.4, -0.2) is 61.0 Å². The Kier molecular flexibility index (Phi) is 8.45. The zero-order valence-corrected chi connectivity index (χ0v) is 16.9. The molecule has 1 aromatic carbocycles. The fourth-order valence-corrected chi connectivity index (χ4v) is 3.10. The van der Waals surface area contributed by atoms with Crippen molar-refractivity contribution in [3.05, 3.63) is 35.4 Å². The van der Waals surface area contributed by atoms with Crippen LogP contribution in [0.2, 0.25) is 0 Å². The van der Waals surface area contributed by atoms with Gasteiger partial charge in [0.15, 0.2) is 0 Å². The predicted molar refractivity (Wildman–Crippen MR) is 104 cm³/mol. The number of urea groups is 1. The van der Waals surface area contributed by atoms with Gasteiger partial charge < -0.3 is 5.32 Å². The predicted octanol–water partition coefficient (Wildman–Crippen LogP) is 2.69. The highest BCUT2D eigenvalue weighted by Crippen LogP contribution is 2.29. The second kappa shape index (κ2) is 10.6. The fourth-order valence-electron chi connectivity index (χ4n) is 3.10. The maximum absolute atomic E-state index is 12.8. The lowest BCUT2D eigenvalue weighted by molar-refractivity contribution is -0.137. The van der Waals surface area contributed by atoms with Gasteiger partial charge >= 0.3 is 12.2 Å². The number of carbonyl (C=O) groups is 2. The first-order valence-corrected chi connectivity index (χ1v) is 9.82. The zero-order valence-electron chi connectivity index (χ0n) is 16.9. The third-order valence-corrected chi connectivity index (χ3v) is 4.75. The first-order valence-electron chi connectivity index (χ1n) is 9.82. The third-order valence-electron chi connectivity index (χ3n) is 4.75. The van der Waals surface area contributed by atoms with Crippen LogP contribution in [0.5, 0.6) is 0 Å². The molecule has 1 aliphatic heterocycles. The maximum atomic E-state index is 12.8. The molecular weight excluding hydrogens is 385 g/mol. The third kappa shape index (κ3) is 8.41. The quantitative estimate of drug-likeness (QED) is 0.720. The smallest absolute Gasteiger partial charge is 0.338 e. The second-order valence-corrected chi connectivity index (χ2v) is 7.74. The molecule has 0 saturated carbocycles. The highest BCUT2D eigenvalue weighted by Gasteiger charge is 2.30. The first kappa shape index (κ1) is 23.2. The largest absolute Gasteiger partial charge is 0.416 e. The minimum absolute atomic E-state index is 0.120. The molecule has 9 heteroatoms. The van der Waals surface area contributed by atoms with Gasteiger partial charge in [-0.2, -0.15) is 13.2 Å². The molecule has 1 saturated heterocycles.